The minimum Gasteiger partial charge on any atom is -0.381 e. The Kier molecular flexibility index (Phi) is 5.70. The molecule has 138 valence electrons. The lowest BCUT2D eigenvalue weighted by Gasteiger charge is -2.34. The van der Waals surface area contributed by atoms with Gasteiger partial charge in [-0.3, -0.25) is 19.2 Å². The molecule has 8 heteroatoms. The van der Waals surface area contributed by atoms with E-state index < -0.39 is 0 Å². The normalized spacial score (nSPS) is 23.4. The monoisotopic (exact) mass is 349 g/mol. The van der Waals surface area contributed by atoms with E-state index in [1.165, 1.54) is 0 Å². The Morgan fingerprint density at radius 2 is 2.04 bits per heavy atom. The third-order valence-corrected chi connectivity index (χ3v) is 5.15. The smallest absolute Gasteiger partial charge is 0.257 e. The van der Waals surface area contributed by atoms with E-state index >= 15 is 0 Å². The maximum absolute atomic E-state index is 12.8. The number of amides is 2. The standard InChI is InChI=1S/C17H27N5O3/c1-2-22-12-13(9-19-22)17(24)21-6-5-20(10-14(11-21)16(18)23)15-3-7-25-8-4-15/h9,12,14-15H,2-8,10-11H2,1H3,(H2,18,23). The molecule has 0 saturated carbocycles. The Morgan fingerprint density at radius 3 is 2.68 bits per heavy atom. The summed E-state index contributed by atoms with van der Waals surface area (Å²) in [6.07, 6.45) is 5.26. The lowest BCUT2D eigenvalue weighted by Crippen LogP contribution is -2.44. The number of aromatic nitrogens is 2. The Hall–Kier alpha value is -1.93. The van der Waals surface area contributed by atoms with Gasteiger partial charge in [0.1, 0.15) is 0 Å². The van der Waals surface area contributed by atoms with Crippen LogP contribution in [0, 0.1) is 5.92 Å². The Balaban J connectivity index is 1.72. The van der Waals surface area contributed by atoms with Gasteiger partial charge in [0.15, 0.2) is 0 Å². The average molecular weight is 349 g/mol. The second-order valence-corrected chi connectivity index (χ2v) is 6.77. The predicted molar refractivity (Wildman–Crippen MR) is 91.9 cm³/mol. The number of rotatable bonds is 4. The van der Waals surface area contributed by atoms with Crippen LogP contribution in [0.25, 0.3) is 0 Å². The van der Waals surface area contributed by atoms with Crippen LogP contribution in [0.3, 0.4) is 0 Å². The van der Waals surface area contributed by atoms with Crippen LogP contribution in [0.15, 0.2) is 12.4 Å². The zero-order valence-electron chi connectivity index (χ0n) is 14.8. The molecule has 25 heavy (non-hydrogen) atoms. The maximum Gasteiger partial charge on any atom is 0.257 e. The highest BCUT2D eigenvalue weighted by atomic mass is 16.5. The van der Waals surface area contributed by atoms with Gasteiger partial charge in [-0.25, -0.2) is 0 Å². The van der Waals surface area contributed by atoms with Gasteiger partial charge in [-0.05, 0) is 19.8 Å². The highest BCUT2D eigenvalue weighted by Gasteiger charge is 2.33. The number of aryl methyl sites for hydroxylation is 1. The van der Waals surface area contributed by atoms with Crippen LogP contribution in [0.4, 0.5) is 0 Å². The molecule has 0 aliphatic carbocycles. The van der Waals surface area contributed by atoms with E-state index in [4.69, 9.17) is 10.5 Å². The Labute approximate surface area is 147 Å². The quantitative estimate of drug-likeness (QED) is 0.822. The average Bonchev–Trinajstić information content (AvgIpc) is 3.00. The van der Waals surface area contributed by atoms with Gasteiger partial charge in [-0.2, -0.15) is 5.10 Å². The first-order valence-corrected chi connectivity index (χ1v) is 9.01. The van der Waals surface area contributed by atoms with Crippen LogP contribution < -0.4 is 5.73 Å². The summed E-state index contributed by atoms with van der Waals surface area (Å²) < 4.78 is 7.16. The predicted octanol–water partition coefficient (Wildman–Crippen LogP) is -0.0587. The molecule has 2 saturated heterocycles. The second kappa shape index (κ2) is 7.97. The largest absolute Gasteiger partial charge is 0.381 e. The molecule has 1 aromatic rings. The fourth-order valence-corrected chi connectivity index (χ4v) is 3.61. The fourth-order valence-electron chi connectivity index (χ4n) is 3.61. The molecule has 3 rings (SSSR count). The number of hydrogen-bond acceptors (Lipinski definition) is 5. The van der Waals surface area contributed by atoms with Gasteiger partial charge >= 0.3 is 0 Å². The van der Waals surface area contributed by atoms with Crippen LogP contribution in [0.5, 0.6) is 0 Å². The van der Waals surface area contributed by atoms with Crippen molar-refractivity contribution >= 4 is 11.8 Å². The van der Waals surface area contributed by atoms with Crippen LogP contribution in [0.1, 0.15) is 30.1 Å². The van der Waals surface area contributed by atoms with Crippen molar-refractivity contribution < 1.29 is 14.3 Å². The Bertz CT molecular complexity index is 611. The van der Waals surface area contributed by atoms with E-state index in [2.05, 4.69) is 10.00 Å². The molecule has 0 bridgehead atoms. The van der Waals surface area contributed by atoms with Crippen molar-refractivity contribution in [3.8, 4) is 0 Å². The lowest BCUT2D eigenvalue weighted by atomic mass is 10.0. The van der Waals surface area contributed by atoms with E-state index in [0.29, 0.717) is 37.8 Å². The fraction of sp³-hybridized carbons (Fsp3) is 0.706. The number of primary amides is 1. The van der Waals surface area contributed by atoms with E-state index in [1.807, 2.05) is 6.92 Å². The molecule has 1 aromatic heterocycles. The minimum atomic E-state index is -0.351. The van der Waals surface area contributed by atoms with E-state index in [9.17, 15) is 9.59 Å². The van der Waals surface area contributed by atoms with Crippen molar-refractivity contribution in [1.82, 2.24) is 19.6 Å². The van der Waals surface area contributed by atoms with Gasteiger partial charge in [0.25, 0.3) is 5.91 Å². The van der Waals surface area contributed by atoms with E-state index in [-0.39, 0.29) is 17.7 Å². The number of nitrogens with two attached hydrogens (primary N) is 1. The van der Waals surface area contributed by atoms with Gasteiger partial charge in [0.2, 0.25) is 5.91 Å². The summed E-state index contributed by atoms with van der Waals surface area (Å²) in [6, 6.07) is 0.397. The van der Waals surface area contributed by atoms with Crippen molar-refractivity contribution in [2.45, 2.75) is 32.4 Å². The maximum atomic E-state index is 12.8. The Morgan fingerprint density at radius 1 is 1.28 bits per heavy atom. The molecular weight excluding hydrogens is 322 g/mol. The number of nitrogens with zero attached hydrogens (tertiary/aromatic N) is 4. The minimum absolute atomic E-state index is 0.0835. The van der Waals surface area contributed by atoms with Gasteiger partial charge in [-0.1, -0.05) is 0 Å². The van der Waals surface area contributed by atoms with Crippen molar-refractivity contribution in [1.29, 1.82) is 0 Å². The molecule has 2 fully saturated rings. The first kappa shape index (κ1) is 17.9. The molecule has 8 nitrogen and oxygen atoms in total. The van der Waals surface area contributed by atoms with Gasteiger partial charge in [0, 0.05) is 58.2 Å². The zero-order chi connectivity index (χ0) is 17.8. The first-order chi connectivity index (χ1) is 12.1. The highest BCUT2D eigenvalue weighted by Crippen LogP contribution is 2.20. The number of ether oxygens (including phenoxy) is 1. The topological polar surface area (TPSA) is 93.7 Å². The summed E-state index contributed by atoms with van der Waals surface area (Å²) >= 11 is 0. The summed E-state index contributed by atoms with van der Waals surface area (Å²) in [4.78, 5) is 28.8. The molecule has 2 N–H and O–H groups in total. The van der Waals surface area contributed by atoms with Gasteiger partial charge in [-0.15, -0.1) is 0 Å². The summed E-state index contributed by atoms with van der Waals surface area (Å²) in [5.74, 6) is -0.781. The third-order valence-electron chi connectivity index (χ3n) is 5.15. The summed E-state index contributed by atoms with van der Waals surface area (Å²) in [5, 5.41) is 4.17. The number of hydrogen-bond donors (Lipinski definition) is 1. The number of carbonyl (C=O) groups excluding carboxylic acids is 2. The molecule has 3 heterocycles. The van der Waals surface area contributed by atoms with Crippen LogP contribution in [-0.2, 0) is 16.1 Å². The molecule has 0 radical (unpaired) electrons. The van der Waals surface area contributed by atoms with Gasteiger partial charge in [0.05, 0.1) is 17.7 Å². The van der Waals surface area contributed by atoms with Crippen molar-refractivity contribution in [2.24, 2.45) is 11.7 Å². The van der Waals surface area contributed by atoms with Crippen molar-refractivity contribution in [2.75, 3.05) is 39.4 Å². The van der Waals surface area contributed by atoms with Crippen LogP contribution in [0.2, 0.25) is 0 Å². The van der Waals surface area contributed by atoms with Crippen LogP contribution >= 0.6 is 0 Å². The zero-order valence-corrected chi connectivity index (χ0v) is 14.8. The lowest BCUT2D eigenvalue weighted by molar-refractivity contribution is -0.122. The van der Waals surface area contributed by atoms with E-state index in [1.54, 1.807) is 22.0 Å². The highest BCUT2D eigenvalue weighted by molar-refractivity contribution is 5.94. The van der Waals surface area contributed by atoms with Gasteiger partial charge < -0.3 is 15.4 Å². The summed E-state index contributed by atoms with van der Waals surface area (Å²) in [5.41, 5.74) is 6.17. The molecule has 2 aliphatic heterocycles. The molecule has 2 aliphatic rings. The third kappa shape index (κ3) is 4.19. The molecule has 1 atom stereocenters. The molecule has 1 unspecified atom stereocenters. The molecule has 0 spiro atoms. The first-order valence-electron chi connectivity index (χ1n) is 9.01. The molecular formula is C17H27N5O3. The van der Waals surface area contributed by atoms with Crippen molar-refractivity contribution in [3.05, 3.63) is 18.0 Å². The summed E-state index contributed by atoms with van der Waals surface area (Å²) in [6.45, 7) is 6.52. The number of carbonyl (C=O) groups is 2. The SMILES string of the molecule is CCn1cc(C(=O)N2CCN(C3CCOCC3)CC(C(N)=O)C2)cn1. The second-order valence-electron chi connectivity index (χ2n) is 6.77. The van der Waals surface area contributed by atoms with Crippen molar-refractivity contribution in [3.63, 3.8) is 0 Å². The van der Waals surface area contributed by atoms with Crippen LogP contribution in [-0.4, -0.2) is 76.8 Å². The molecule has 0 aromatic carbocycles. The van der Waals surface area contributed by atoms with E-state index in [0.717, 1.165) is 32.6 Å². The summed E-state index contributed by atoms with van der Waals surface area (Å²) in [7, 11) is 0. The molecule has 2 amide bonds.